The maximum atomic E-state index is 12.4. The molecule has 0 spiro atoms. The SMILES string of the molecule is O/N=C(/c1ccc(C(F)(F)F)cc1)c1ncc[nH]1. The Kier molecular flexibility index (Phi) is 3.05. The fourth-order valence-electron chi connectivity index (χ4n) is 1.45. The van der Waals surface area contributed by atoms with Gasteiger partial charge in [-0.1, -0.05) is 17.3 Å². The lowest BCUT2D eigenvalue weighted by Crippen LogP contribution is -2.08. The number of alkyl halides is 3. The van der Waals surface area contributed by atoms with E-state index in [-0.39, 0.29) is 11.5 Å². The van der Waals surface area contributed by atoms with Crippen LogP contribution in [0.3, 0.4) is 0 Å². The fraction of sp³-hybridized carbons (Fsp3) is 0.0909. The van der Waals surface area contributed by atoms with Crippen molar-refractivity contribution in [3.8, 4) is 0 Å². The molecular weight excluding hydrogens is 247 g/mol. The van der Waals surface area contributed by atoms with Gasteiger partial charge in [-0.2, -0.15) is 13.2 Å². The molecule has 0 aliphatic heterocycles. The maximum Gasteiger partial charge on any atom is 0.416 e. The minimum Gasteiger partial charge on any atom is -0.410 e. The number of hydrogen-bond acceptors (Lipinski definition) is 3. The molecule has 0 saturated carbocycles. The fourth-order valence-corrected chi connectivity index (χ4v) is 1.45. The van der Waals surface area contributed by atoms with Crippen LogP contribution >= 0.6 is 0 Å². The Morgan fingerprint density at radius 1 is 1.22 bits per heavy atom. The van der Waals surface area contributed by atoms with Gasteiger partial charge in [-0.3, -0.25) is 0 Å². The van der Waals surface area contributed by atoms with Crippen molar-refractivity contribution < 1.29 is 18.4 Å². The molecule has 1 aromatic carbocycles. The molecule has 7 heteroatoms. The molecule has 2 rings (SSSR count). The van der Waals surface area contributed by atoms with Crippen LogP contribution in [0.5, 0.6) is 0 Å². The van der Waals surface area contributed by atoms with Gasteiger partial charge < -0.3 is 10.2 Å². The smallest absolute Gasteiger partial charge is 0.410 e. The lowest BCUT2D eigenvalue weighted by Gasteiger charge is -2.07. The molecular formula is C11H8F3N3O. The minimum atomic E-state index is -4.39. The number of benzene rings is 1. The molecule has 94 valence electrons. The maximum absolute atomic E-state index is 12.4. The summed E-state index contributed by atoms with van der Waals surface area (Å²) in [7, 11) is 0. The topological polar surface area (TPSA) is 61.3 Å². The van der Waals surface area contributed by atoms with Crippen molar-refractivity contribution in [3.05, 3.63) is 53.6 Å². The molecule has 0 amide bonds. The molecule has 0 radical (unpaired) electrons. The summed E-state index contributed by atoms with van der Waals surface area (Å²) in [6.07, 6.45) is -1.42. The zero-order chi connectivity index (χ0) is 13.2. The zero-order valence-corrected chi connectivity index (χ0v) is 8.94. The third-order valence-corrected chi connectivity index (χ3v) is 2.31. The van der Waals surface area contributed by atoms with Gasteiger partial charge in [-0.25, -0.2) is 4.98 Å². The second kappa shape index (κ2) is 4.52. The normalized spacial score (nSPS) is 12.7. The van der Waals surface area contributed by atoms with Crippen LogP contribution in [0.4, 0.5) is 13.2 Å². The second-order valence-corrected chi connectivity index (χ2v) is 3.46. The molecule has 0 atom stereocenters. The summed E-state index contributed by atoms with van der Waals surface area (Å²) >= 11 is 0. The van der Waals surface area contributed by atoms with E-state index in [2.05, 4.69) is 15.1 Å². The van der Waals surface area contributed by atoms with E-state index in [0.717, 1.165) is 12.1 Å². The van der Waals surface area contributed by atoms with Gasteiger partial charge in [-0.05, 0) is 12.1 Å². The van der Waals surface area contributed by atoms with E-state index in [9.17, 15) is 13.2 Å². The summed E-state index contributed by atoms with van der Waals surface area (Å²) in [5.74, 6) is 0.275. The Morgan fingerprint density at radius 3 is 2.33 bits per heavy atom. The van der Waals surface area contributed by atoms with Crippen LogP contribution in [-0.2, 0) is 6.18 Å². The first kappa shape index (κ1) is 12.2. The van der Waals surface area contributed by atoms with E-state index in [1.807, 2.05) is 0 Å². The van der Waals surface area contributed by atoms with Crippen LogP contribution in [0.1, 0.15) is 17.0 Å². The highest BCUT2D eigenvalue weighted by Crippen LogP contribution is 2.29. The van der Waals surface area contributed by atoms with Crippen molar-refractivity contribution in [2.24, 2.45) is 5.16 Å². The van der Waals surface area contributed by atoms with Gasteiger partial charge in [0.15, 0.2) is 11.5 Å². The highest BCUT2D eigenvalue weighted by molar-refractivity contribution is 6.10. The van der Waals surface area contributed by atoms with Gasteiger partial charge in [-0.15, -0.1) is 0 Å². The Hall–Kier alpha value is -2.31. The van der Waals surface area contributed by atoms with Crippen molar-refractivity contribution in [3.63, 3.8) is 0 Å². The Bertz CT molecular complexity index is 544. The van der Waals surface area contributed by atoms with Crippen LogP contribution in [0.15, 0.2) is 41.8 Å². The first-order valence-electron chi connectivity index (χ1n) is 4.92. The molecule has 2 aromatic rings. The molecule has 18 heavy (non-hydrogen) atoms. The van der Waals surface area contributed by atoms with Gasteiger partial charge in [0.05, 0.1) is 5.56 Å². The number of rotatable bonds is 2. The van der Waals surface area contributed by atoms with E-state index in [0.29, 0.717) is 5.56 Å². The molecule has 1 aromatic heterocycles. The number of aromatic nitrogens is 2. The molecule has 0 aliphatic carbocycles. The van der Waals surface area contributed by atoms with Gasteiger partial charge in [0.2, 0.25) is 0 Å². The van der Waals surface area contributed by atoms with E-state index >= 15 is 0 Å². The third-order valence-electron chi connectivity index (χ3n) is 2.31. The molecule has 4 nitrogen and oxygen atoms in total. The summed E-state index contributed by atoms with van der Waals surface area (Å²) < 4.78 is 37.1. The molecule has 1 heterocycles. The van der Waals surface area contributed by atoms with E-state index in [1.165, 1.54) is 24.5 Å². The number of nitrogens with zero attached hydrogens (tertiary/aromatic N) is 2. The molecule has 0 unspecified atom stereocenters. The lowest BCUT2D eigenvalue weighted by molar-refractivity contribution is -0.137. The Labute approximate surface area is 99.8 Å². The van der Waals surface area contributed by atoms with Crippen molar-refractivity contribution >= 4 is 5.71 Å². The van der Waals surface area contributed by atoms with Crippen molar-refractivity contribution in [2.45, 2.75) is 6.18 Å². The van der Waals surface area contributed by atoms with Crippen LogP contribution in [0.2, 0.25) is 0 Å². The van der Waals surface area contributed by atoms with Gasteiger partial charge in [0.25, 0.3) is 0 Å². The van der Waals surface area contributed by atoms with Gasteiger partial charge in [0, 0.05) is 18.0 Å². The predicted molar refractivity (Wildman–Crippen MR) is 57.5 cm³/mol. The van der Waals surface area contributed by atoms with Crippen LogP contribution in [-0.4, -0.2) is 20.9 Å². The lowest BCUT2D eigenvalue weighted by atomic mass is 10.1. The number of nitrogens with one attached hydrogen (secondary N) is 1. The molecule has 0 bridgehead atoms. The number of imidazole rings is 1. The quantitative estimate of drug-likeness (QED) is 0.492. The van der Waals surface area contributed by atoms with Crippen molar-refractivity contribution in [2.75, 3.05) is 0 Å². The summed E-state index contributed by atoms with van der Waals surface area (Å²) in [6.45, 7) is 0. The van der Waals surface area contributed by atoms with E-state index in [1.54, 1.807) is 0 Å². The Balaban J connectivity index is 2.35. The van der Waals surface area contributed by atoms with Crippen LogP contribution < -0.4 is 0 Å². The summed E-state index contributed by atoms with van der Waals surface area (Å²) in [5.41, 5.74) is -0.350. The number of halogens is 3. The second-order valence-electron chi connectivity index (χ2n) is 3.46. The highest BCUT2D eigenvalue weighted by atomic mass is 19.4. The summed E-state index contributed by atoms with van der Waals surface area (Å²) in [6, 6.07) is 4.29. The van der Waals surface area contributed by atoms with E-state index in [4.69, 9.17) is 5.21 Å². The standard InChI is InChI=1S/C11H8F3N3O/c12-11(13,14)8-3-1-7(2-4-8)9(17-18)10-15-5-6-16-10/h1-6,18H,(H,15,16)/b17-9-. The predicted octanol–water partition coefficient (Wildman–Crippen LogP) is 2.66. The Morgan fingerprint density at radius 2 is 1.89 bits per heavy atom. The molecule has 0 saturated heterocycles. The summed E-state index contributed by atoms with van der Waals surface area (Å²) in [4.78, 5) is 6.57. The van der Waals surface area contributed by atoms with Crippen LogP contribution in [0.25, 0.3) is 0 Å². The third kappa shape index (κ3) is 2.34. The molecule has 0 aliphatic rings. The van der Waals surface area contributed by atoms with Crippen molar-refractivity contribution in [1.82, 2.24) is 9.97 Å². The molecule has 2 N–H and O–H groups in total. The van der Waals surface area contributed by atoms with E-state index < -0.39 is 11.7 Å². The van der Waals surface area contributed by atoms with Gasteiger partial charge in [0.1, 0.15) is 0 Å². The zero-order valence-electron chi connectivity index (χ0n) is 8.94. The molecule has 0 fully saturated rings. The first-order chi connectivity index (χ1) is 8.52. The highest BCUT2D eigenvalue weighted by Gasteiger charge is 2.30. The summed E-state index contributed by atoms with van der Waals surface area (Å²) in [5, 5.41) is 11.9. The van der Waals surface area contributed by atoms with Crippen LogP contribution in [0, 0.1) is 0 Å². The largest absolute Gasteiger partial charge is 0.416 e. The number of H-pyrrole nitrogens is 1. The number of hydrogen-bond donors (Lipinski definition) is 2. The van der Waals surface area contributed by atoms with Gasteiger partial charge >= 0.3 is 6.18 Å². The average molecular weight is 255 g/mol. The average Bonchev–Trinajstić information content (AvgIpc) is 2.83. The van der Waals surface area contributed by atoms with Crippen molar-refractivity contribution in [1.29, 1.82) is 0 Å². The first-order valence-corrected chi connectivity index (χ1v) is 4.92. The number of aromatic amines is 1. The minimum absolute atomic E-state index is 0.0775. The monoisotopic (exact) mass is 255 g/mol. The number of oxime groups is 1.